The van der Waals surface area contributed by atoms with Crippen molar-refractivity contribution in [2.24, 2.45) is 0 Å². The highest BCUT2D eigenvalue weighted by atomic mass is 35.5. The van der Waals surface area contributed by atoms with Crippen LogP contribution in [0.15, 0.2) is 60.7 Å². The van der Waals surface area contributed by atoms with E-state index < -0.39 is 6.23 Å². The molecule has 1 aliphatic heterocycles. The molecule has 0 fully saturated rings. The van der Waals surface area contributed by atoms with Crippen molar-refractivity contribution in [1.29, 1.82) is 0 Å². The van der Waals surface area contributed by atoms with E-state index in [0.29, 0.717) is 0 Å². The predicted octanol–water partition coefficient (Wildman–Crippen LogP) is 4.19. The van der Waals surface area contributed by atoms with E-state index in [1.807, 2.05) is 42.5 Å². The first-order valence-electron chi connectivity index (χ1n) is 9.35. The van der Waals surface area contributed by atoms with Gasteiger partial charge in [0.25, 0.3) is 0 Å². The first-order chi connectivity index (χ1) is 13.2. The third-order valence-electron chi connectivity index (χ3n) is 5.12. The number of fused-ring (bicyclic) bond motifs is 1. The maximum Gasteiger partial charge on any atom is 0.146 e. The molecular formula is C22H24ClN3O. The van der Waals surface area contributed by atoms with E-state index in [4.69, 9.17) is 11.6 Å². The number of H-pyrrole nitrogens is 1. The summed E-state index contributed by atoms with van der Waals surface area (Å²) in [6.07, 6.45) is 2.65. The third kappa shape index (κ3) is 4.42. The number of hydrogen-bond donors (Lipinski definition) is 3. The molecule has 0 radical (unpaired) electrons. The molecular weight excluding hydrogens is 358 g/mol. The van der Waals surface area contributed by atoms with Crippen molar-refractivity contribution < 1.29 is 5.11 Å². The molecule has 1 aliphatic rings. The van der Waals surface area contributed by atoms with Gasteiger partial charge in [-0.1, -0.05) is 48.0 Å². The van der Waals surface area contributed by atoms with Gasteiger partial charge in [-0.15, -0.1) is 0 Å². The van der Waals surface area contributed by atoms with Crippen molar-refractivity contribution in [3.63, 3.8) is 0 Å². The smallest absolute Gasteiger partial charge is 0.146 e. The molecule has 1 atom stereocenters. The molecule has 3 N–H and O–H groups in total. The first-order valence-corrected chi connectivity index (χ1v) is 9.73. The fourth-order valence-electron chi connectivity index (χ4n) is 3.55. The zero-order valence-corrected chi connectivity index (χ0v) is 15.9. The minimum atomic E-state index is -0.678. The van der Waals surface area contributed by atoms with Gasteiger partial charge in [0, 0.05) is 36.7 Å². The molecule has 5 heteroatoms. The molecule has 1 aromatic heterocycles. The average molecular weight is 382 g/mol. The van der Waals surface area contributed by atoms with Gasteiger partial charge in [-0.25, -0.2) is 0 Å². The second kappa shape index (κ2) is 8.28. The predicted molar refractivity (Wildman–Crippen MR) is 112 cm³/mol. The number of nitrogens with zero attached hydrogens (tertiary/aromatic N) is 1. The molecule has 2 heterocycles. The van der Waals surface area contributed by atoms with Crippen molar-refractivity contribution >= 4 is 28.1 Å². The van der Waals surface area contributed by atoms with Crippen LogP contribution < -0.4 is 5.32 Å². The van der Waals surface area contributed by atoms with Crippen LogP contribution in [0.2, 0.25) is 5.02 Å². The molecule has 0 amide bonds. The summed E-state index contributed by atoms with van der Waals surface area (Å²) in [7, 11) is 0. The number of aromatic amines is 1. The number of para-hydroxylation sites is 1. The van der Waals surface area contributed by atoms with Gasteiger partial charge < -0.3 is 10.1 Å². The summed E-state index contributed by atoms with van der Waals surface area (Å²) >= 11 is 5.97. The molecule has 140 valence electrons. The number of hydrogen-bond acceptors (Lipinski definition) is 3. The van der Waals surface area contributed by atoms with Crippen molar-refractivity contribution in [2.45, 2.75) is 12.6 Å². The molecule has 0 bridgehead atoms. The third-order valence-corrected chi connectivity index (χ3v) is 5.37. The highest BCUT2D eigenvalue weighted by molar-refractivity contribution is 6.30. The van der Waals surface area contributed by atoms with Crippen LogP contribution in [0.25, 0.3) is 16.5 Å². The Morgan fingerprint density at radius 3 is 2.70 bits per heavy atom. The molecule has 1 unspecified atom stereocenters. The van der Waals surface area contributed by atoms with E-state index in [2.05, 4.69) is 33.4 Å². The lowest BCUT2D eigenvalue weighted by Crippen LogP contribution is -2.36. The maximum atomic E-state index is 10.4. The minimum absolute atomic E-state index is 0.678. The zero-order valence-electron chi connectivity index (χ0n) is 15.2. The summed E-state index contributed by atoms with van der Waals surface area (Å²) in [6.45, 7) is 3.60. The van der Waals surface area contributed by atoms with E-state index in [1.54, 1.807) is 0 Å². The second-order valence-corrected chi connectivity index (χ2v) is 7.39. The molecule has 0 saturated heterocycles. The van der Waals surface area contributed by atoms with Crippen molar-refractivity contribution in [3.8, 4) is 0 Å². The van der Waals surface area contributed by atoms with Gasteiger partial charge in [0.1, 0.15) is 6.23 Å². The number of halogens is 1. The summed E-state index contributed by atoms with van der Waals surface area (Å²) in [5.74, 6) is 0. The molecule has 27 heavy (non-hydrogen) atoms. The number of aliphatic hydroxyl groups excluding tert-OH is 1. The number of benzene rings is 2. The monoisotopic (exact) mass is 381 g/mol. The summed E-state index contributed by atoms with van der Waals surface area (Å²) in [4.78, 5) is 5.66. The van der Waals surface area contributed by atoms with Crippen LogP contribution >= 0.6 is 11.6 Å². The van der Waals surface area contributed by atoms with E-state index >= 15 is 0 Å². The molecule has 0 aliphatic carbocycles. The largest absolute Gasteiger partial charge is 0.373 e. The van der Waals surface area contributed by atoms with Crippen LogP contribution in [0.5, 0.6) is 0 Å². The Balaban J connectivity index is 1.26. The lowest BCUT2D eigenvalue weighted by Gasteiger charge is -2.27. The van der Waals surface area contributed by atoms with E-state index in [-0.39, 0.29) is 0 Å². The normalized spacial score (nSPS) is 16.4. The fourth-order valence-corrected chi connectivity index (χ4v) is 3.68. The number of rotatable bonds is 6. The van der Waals surface area contributed by atoms with Crippen LogP contribution in [-0.4, -0.2) is 41.2 Å². The van der Waals surface area contributed by atoms with E-state index in [0.717, 1.165) is 54.2 Å². The van der Waals surface area contributed by atoms with Crippen LogP contribution in [0.1, 0.15) is 23.9 Å². The molecule has 3 aromatic rings. The zero-order chi connectivity index (χ0) is 18.6. The highest BCUT2D eigenvalue weighted by Crippen LogP contribution is 2.23. The van der Waals surface area contributed by atoms with Gasteiger partial charge >= 0.3 is 0 Å². The van der Waals surface area contributed by atoms with Gasteiger partial charge in [-0.3, -0.25) is 10.2 Å². The fraction of sp³-hybridized carbons (Fsp3) is 0.273. The van der Waals surface area contributed by atoms with Crippen molar-refractivity contribution in [1.82, 2.24) is 15.2 Å². The Labute approximate surface area is 164 Å². The number of nitrogens with one attached hydrogen (secondary N) is 2. The first kappa shape index (κ1) is 18.3. The Hall–Kier alpha value is -2.11. The lowest BCUT2D eigenvalue weighted by atomic mass is 9.99. The SMILES string of the molecule is OC(NCCN1CC=C(c2ccc(Cl)cc2)CC1)c1cc2ccccc2[nH]1. The molecule has 4 nitrogen and oxygen atoms in total. The van der Waals surface area contributed by atoms with E-state index in [9.17, 15) is 5.11 Å². The quantitative estimate of drug-likeness (QED) is 0.561. The Morgan fingerprint density at radius 2 is 1.96 bits per heavy atom. The summed E-state index contributed by atoms with van der Waals surface area (Å²) in [5, 5.41) is 15.5. The maximum absolute atomic E-state index is 10.4. The van der Waals surface area contributed by atoms with Crippen LogP contribution in [0.4, 0.5) is 0 Å². The van der Waals surface area contributed by atoms with Crippen molar-refractivity contribution in [2.75, 3.05) is 26.2 Å². The van der Waals surface area contributed by atoms with Crippen LogP contribution in [0.3, 0.4) is 0 Å². The highest BCUT2D eigenvalue weighted by Gasteiger charge is 2.14. The summed E-state index contributed by atoms with van der Waals surface area (Å²) in [6, 6.07) is 18.1. The number of aliphatic hydroxyl groups is 1. The minimum Gasteiger partial charge on any atom is -0.373 e. The van der Waals surface area contributed by atoms with Crippen LogP contribution in [-0.2, 0) is 0 Å². The standard InChI is InChI=1S/C22H24ClN3O/c23-19-7-5-16(6-8-19)17-9-12-26(13-10-17)14-11-24-22(27)21-15-18-3-1-2-4-20(18)25-21/h1-9,15,22,24-25,27H,10-14H2. The molecule has 2 aromatic carbocycles. The summed E-state index contributed by atoms with van der Waals surface area (Å²) < 4.78 is 0. The van der Waals surface area contributed by atoms with Crippen molar-refractivity contribution in [3.05, 3.63) is 77.0 Å². The Bertz CT molecular complexity index is 899. The van der Waals surface area contributed by atoms with Gasteiger partial charge in [-0.05, 0) is 47.2 Å². The Kier molecular flexibility index (Phi) is 5.60. The van der Waals surface area contributed by atoms with Gasteiger partial charge in [0.15, 0.2) is 0 Å². The molecule has 4 rings (SSSR count). The number of aromatic nitrogens is 1. The second-order valence-electron chi connectivity index (χ2n) is 6.96. The van der Waals surface area contributed by atoms with Crippen LogP contribution in [0, 0.1) is 0 Å². The molecule has 0 saturated carbocycles. The van der Waals surface area contributed by atoms with E-state index in [1.165, 1.54) is 11.1 Å². The lowest BCUT2D eigenvalue weighted by molar-refractivity contribution is 0.130. The van der Waals surface area contributed by atoms with Gasteiger partial charge in [-0.2, -0.15) is 0 Å². The summed E-state index contributed by atoms with van der Waals surface area (Å²) in [5.41, 5.74) is 4.49. The van der Waals surface area contributed by atoms with Gasteiger partial charge in [0.2, 0.25) is 0 Å². The average Bonchev–Trinajstić information content (AvgIpc) is 3.14. The topological polar surface area (TPSA) is 51.3 Å². The molecule has 0 spiro atoms. The Morgan fingerprint density at radius 1 is 1.15 bits per heavy atom. The van der Waals surface area contributed by atoms with Gasteiger partial charge in [0.05, 0.1) is 5.69 Å².